The maximum atomic E-state index is 12.3. The predicted octanol–water partition coefficient (Wildman–Crippen LogP) is 4.60. The van der Waals surface area contributed by atoms with Gasteiger partial charge in [0.1, 0.15) is 5.82 Å². The number of hydrogen-bond acceptors (Lipinski definition) is 4. The van der Waals surface area contributed by atoms with E-state index in [4.69, 9.17) is 0 Å². The molecule has 1 aromatic heterocycles. The van der Waals surface area contributed by atoms with Crippen LogP contribution in [0.2, 0.25) is 0 Å². The second-order valence-electron chi connectivity index (χ2n) is 6.45. The monoisotopic (exact) mass is 422 g/mol. The second kappa shape index (κ2) is 7.90. The zero-order valence-electron chi connectivity index (χ0n) is 14.6. The summed E-state index contributed by atoms with van der Waals surface area (Å²) in [6.07, 6.45) is 4.39. The Labute approximate surface area is 166 Å². The van der Waals surface area contributed by atoms with Crippen molar-refractivity contribution in [1.29, 1.82) is 0 Å². The highest BCUT2D eigenvalue weighted by Crippen LogP contribution is 2.28. The lowest BCUT2D eigenvalue weighted by Crippen LogP contribution is -2.10. The fourth-order valence-corrected chi connectivity index (χ4v) is 3.52. The maximum Gasteiger partial charge on any atom is 0.248 e. The molecule has 1 aliphatic heterocycles. The Morgan fingerprint density at radius 1 is 1.15 bits per heavy atom. The molecule has 3 N–H and O–H groups in total. The summed E-state index contributed by atoms with van der Waals surface area (Å²) < 4.78 is 0.995. The molecule has 5 nitrogen and oxygen atoms in total. The maximum absolute atomic E-state index is 12.3. The first kappa shape index (κ1) is 17.7. The van der Waals surface area contributed by atoms with Gasteiger partial charge in [0.15, 0.2) is 0 Å². The molecule has 0 unspecified atom stereocenters. The molecule has 4 rings (SSSR count). The molecule has 3 aromatic rings. The Morgan fingerprint density at radius 2 is 2.07 bits per heavy atom. The molecule has 6 heteroatoms. The van der Waals surface area contributed by atoms with E-state index in [-0.39, 0.29) is 5.91 Å². The minimum Gasteiger partial charge on any atom is -0.340 e. The number of pyridine rings is 1. The van der Waals surface area contributed by atoms with Gasteiger partial charge < -0.3 is 16.0 Å². The number of benzene rings is 2. The van der Waals surface area contributed by atoms with Crippen LogP contribution in [0, 0.1) is 0 Å². The molecule has 1 aliphatic rings. The molecule has 1 saturated heterocycles. The lowest BCUT2D eigenvalue weighted by atomic mass is 10.1. The van der Waals surface area contributed by atoms with Crippen LogP contribution in [0.15, 0.2) is 70.8 Å². The number of hydrogen-bond donors (Lipinski definition) is 3. The highest BCUT2D eigenvalue weighted by atomic mass is 79.9. The molecule has 2 heterocycles. The fourth-order valence-electron chi connectivity index (χ4n) is 3.12. The number of carbonyl (C=O) groups excluding carboxylic acids is 1. The predicted molar refractivity (Wildman–Crippen MR) is 113 cm³/mol. The third-order valence-corrected chi connectivity index (χ3v) is 4.92. The van der Waals surface area contributed by atoms with Crippen LogP contribution >= 0.6 is 15.9 Å². The normalized spacial score (nSPS) is 15.2. The van der Waals surface area contributed by atoms with Gasteiger partial charge in [-0.05, 0) is 60.3 Å². The highest BCUT2D eigenvalue weighted by Gasteiger charge is 2.09. The minimum atomic E-state index is -0.0987. The fraction of sp³-hybridized carbons (Fsp3) is 0.143. The van der Waals surface area contributed by atoms with E-state index >= 15 is 0 Å². The van der Waals surface area contributed by atoms with Crippen LogP contribution in [0.3, 0.4) is 0 Å². The van der Waals surface area contributed by atoms with E-state index in [2.05, 4.69) is 36.9 Å². The van der Waals surface area contributed by atoms with Gasteiger partial charge in [0.05, 0.1) is 0 Å². The SMILES string of the molecule is O=C(/C=C1\CCNC1)Nc1ccc2ccnc(Nc3cccc(Br)c3)c2c1. The molecule has 1 fully saturated rings. The summed E-state index contributed by atoms with van der Waals surface area (Å²) in [4.78, 5) is 16.7. The average Bonchev–Trinajstić information content (AvgIpc) is 3.15. The minimum absolute atomic E-state index is 0.0987. The standard InChI is InChI=1S/C21H19BrN4O/c22-16-2-1-3-17(11-16)26-21-19-12-18(5-4-15(19)7-9-24-21)25-20(27)10-14-6-8-23-13-14/h1-5,7,9-12,23H,6,8,13H2,(H,24,26)(H,25,27)/b14-10+. The summed E-state index contributed by atoms with van der Waals surface area (Å²) >= 11 is 3.48. The number of amides is 1. The van der Waals surface area contributed by atoms with Crippen molar-refractivity contribution in [3.8, 4) is 0 Å². The Hall–Kier alpha value is -2.70. The smallest absolute Gasteiger partial charge is 0.248 e. The van der Waals surface area contributed by atoms with Crippen LogP contribution in [0.1, 0.15) is 6.42 Å². The van der Waals surface area contributed by atoms with E-state index < -0.39 is 0 Å². The summed E-state index contributed by atoms with van der Waals surface area (Å²) in [7, 11) is 0. The van der Waals surface area contributed by atoms with Crippen LogP contribution in [0.4, 0.5) is 17.2 Å². The molecule has 0 saturated carbocycles. The van der Waals surface area contributed by atoms with E-state index in [1.54, 1.807) is 12.3 Å². The van der Waals surface area contributed by atoms with Crippen molar-refractivity contribution in [3.05, 3.63) is 70.8 Å². The molecule has 0 bridgehead atoms. The first-order valence-corrected chi connectivity index (χ1v) is 9.59. The summed E-state index contributed by atoms with van der Waals surface area (Å²) in [5.74, 6) is 0.651. The molecule has 0 aliphatic carbocycles. The third kappa shape index (κ3) is 4.35. The Kier molecular flexibility index (Phi) is 5.18. The van der Waals surface area contributed by atoms with E-state index in [9.17, 15) is 4.79 Å². The van der Waals surface area contributed by atoms with E-state index in [0.717, 1.165) is 57.5 Å². The molecule has 0 atom stereocenters. The van der Waals surface area contributed by atoms with Gasteiger partial charge in [-0.25, -0.2) is 4.98 Å². The van der Waals surface area contributed by atoms with Gasteiger partial charge in [-0.3, -0.25) is 4.79 Å². The number of fused-ring (bicyclic) bond motifs is 1. The highest BCUT2D eigenvalue weighted by molar-refractivity contribution is 9.10. The number of halogens is 1. The number of carbonyl (C=O) groups is 1. The van der Waals surface area contributed by atoms with Crippen LogP contribution in [-0.2, 0) is 4.79 Å². The molecule has 2 aromatic carbocycles. The summed E-state index contributed by atoms with van der Waals surface area (Å²) in [6, 6.07) is 15.7. The molecular weight excluding hydrogens is 404 g/mol. The first-order valence-electron chi connectivity index (χ1n) is 8.80. The number of rotatable bonds is 4. The van der Waals surface area contributed by atoms with Crippen LogP contribution in [-0.4, -0.2) is 24.0 Å². The molecule has 0 radical (unpaired) electrons. The zero-order valence-corrected chi connectivity index (χ0v) is 16.2. The Morgan fingerprint density at radius 3 is 2.89 bits per heavy atom. The van der Waals surface area contributed by atoms with E-state index in [1.807, 2.05) is 48.5 Å². The third-order valence-electron chi connectivity index (χ3n) is 4.43. The van der Waals surface area contributed by atoms with Crippen molar-refractivity contribution >= 4 is 49.8 Å². The van der Waals surface area contributed by atoms with Crippen LogP contribution in [0.5, 0.6) is 0 Å². The van der Waals surface area contributed by atoms with Gasteiger partial charge in [-0.1, -0.05) is 28.1 Å². The topological polar surface area (TPSA) is 66.0 Å². The van der Waals surface area contributed by atoms with Crippen LogP contribution in [0.25, 0.3) is 10.8 Å². The van der Waals surface area contributed by atoms with E-state index in [1.165, 1.54) is 0 Å². The number of nitrogens with one attached hydrogen (secondary N) is 3. The second-order valence-corrected chi connectivity index (χ2v) is 7.37. The lowest BCUT2D eigenvalue weighted by Gasteiger charge is -2.11. The summed E-state index contributed by atoms with van der Waals surface area (Å²) in [5, 5.41) is 11.5. The molecular formula is C21H19BrN4O. The van der Waals surface area contributed by atoms with Crippen molar-refractivity contribution in [1.82, 2.24) is 10.3 Å². The molecule has 136 valence electrons. The zero-order chi connectivity index (χ0) is 18.6. The lowest BCUT2D eigenvalue weighted by molar-refractivity contribution is -0.112. The summed E-state index contributed by atoms with van der Waals surface area (Å²) in [5.41, 5.74) is 2.82. The van der Waals surface area contributed by atoms with Crippen molar-refractivity contribution in [2.45, 2.75) is 6.42 Å². The molecule has 1 amide bonds. The number of aromatic nitrogens is 1. The molecule has 27 heavy (non-hydrogen) atoms. The van der Waals surface area contributed by atoms with Gasteiger partial charge in [0, 0.05) is 40.1 Å². The van der Waals surface area contributed by atoms with Crippen molar-refractivity contribution in [2.75, 3.05) is 23.7 Å². The van der Waals surface area contributed by atoms with Crippen molar-refractivity contribution < 1.29 is 4.79 Å². The van der Waals surface area contributed by atoms with Gasteiger partial charge in [0.25, 0.3) is 0 Å². The van der Waals surface area contributed by atoms with E-state index in [0.29, 0.717) is 0 Å². The molecule has 0 spiro atoms. The van der Waals surface area contributed by atoms with Gasteiger partial charge >= 0.3 is 0 Å². The average molecular weight is 423 g/mol. The summed E-state index contributed by atoms with van der Waals surface area (Å²) in [6.45, 7) is 1.72. The van der Waals surface area contributed by atoms with Crippen molar-refractivity contribution in [2.24, 2.45) is 0 Å². The number of anilines is 3. The Bertz CT molecular complexity index is 1020. The van der Waals surface area contributed by atoms with Crippen molar-refractivity contribution in [3.63, 3.8) is 0 Å². The number of nitrogens with zero attached hydrogens (tertiary/aromatic N) is 1. The Balaban J connectivity index is 1.60. The van der Waals surface area contributed by atoms with Crippen LogP contribution < -0.4 is 16.0 Å². The largest absolute Gasteiger partial charge is 0.340 e. The first-order chi connectivity index (χ1) is 13.2. The van der Waals surface area contributed by atoms with Gasteiger partial charge in [-0.2, -0.15) is 0 Å². The quantitative estimate of drug-likeness (QED) is 0.537. The van der Waals surface area contributed by atoms with Gasteiger partial charge in [0.2, 0.25) is 5.91 Å². The van der Waals surface area contributed by atoms with Gasteiger partial charge in [-0.15, -0.1) is 0 Å².